The van der Waals surface area contributed by atoms with Gasteiger partial charge in [0.25, 0.3) is 0 Å². The van der Waals surface area contributed by atoms with Gasteiger partial charge in [0.1, 0.15) is 12.7 Å². The van der Waals surface area contributed by atoms with Gasteiger partial charge in [-0.3, -0.25) is 19.5 Å². The first-order chi connectivity index (χ1) is 10.6. The lowest BCUT2D eigenvalue weighted by atomic mass is 10.2. The van der Waals surface area contributed by atoms with Crippen LogP contribution in [0.4, 0.5) is 5.69 Å². The van der Waals surface area contributed by atoms with Crippen LogP contribution in [0, 0.1) is 13.8 Å². The Balaban J connectivity index is 1.58. The van der Waals surface area contributed by atoms with Gasteiger partial charge in [-0.05, 0) is 33.2 Å². The minimum atomic E-state index is -0.00177. The van der Waals surface area contributed by atoms with E-state index in [0.29, 0.717) is 12.6 Å². The average Bonchev–Trinajstić information content (AvgIpc) is 3.20. The van der Waals surface area contributed by atoms with Crippen molar-refractivity contribution in [2.45, 2.75) is 39.3 Å². The van der Waals surface area contributed by atoms with E-state index in [2.05, 4.69) is 30.5 Å². The van der Waals surface area contributed by atoms with E-state index in [0.717, 1.165) is 43.0 Å². The van der Waals surface area contributed by atoms with Crippen molar-refractivity contribution in [2.75, 3.05) is 18.4 Å². The molecule has 1 amide bonds. The highest BCUT2D eigenvalue weighted by atomic mass is 16.2. The summed E-state index contributed by atoms with van der Waals surface area (Å²) in [4.78, 5) is 18.5. The molecule has 0 radical (unpaired) electrons. The van der Waals surface area contributed by atoms with E-state index in [-0.39, 0.29) is 5.91 Å². The van der Waals surface area contributed by atoms with E-state index >= 15 is 0 Å². The summed E-state index contributed by atoms with van der Waals surface area (Å²) >= 11 is 0. The number of nitrogens with one attached hydrogen (secondary N) is 2. The molecule has 1 aliphatic heterocycles. The van der Waals surface area contributed by atoms with Gasteiger partial charge in [-0.25, -0.2) is 4.98 Å². The molecule has 1 saturated heterocycles. The molecule has 8 nitrogen and oxygen atoms in total. The van der Waals surface area contributed by atoms with E-state index in [4.69, 9.17) is 0 Å². The summed E-state index contributed by atoms with van der Waals surface area (Å²) in [6, 6.07) is 0.332. The lowest BCUT2D eigenvalue weighted by Crippen LogP contribution is -2.39. The second-order valence-electron chi connectivity index (χ2n) is 5.74. The van der Waals surface area contributed by atoms with E-state index in [9.17, 15) is 4.79 Å². The fourth-order valence-electron chi connectivity index (χ4n) is 2.95. The highest BCUT2D eigenvalue weighted by Crippen LogP contribution is 2.20. The van der Waals surface area contributed by atoms with Crippen molar-refractivity contribution in [2.24, 2.45) is 0 Å². The van der Waals surface area contributed by atoms with E-state index in [1.807, 2.05) is 18.5 Å². The molecule has 2 aromatic heterocycles. The number of aryl methyl sites for hydroxylation is 2. The first-order valence-corrected chi connectivity index (χ1v) is 7.51. The van der Waals surface area contributed by atoms with Gasteiger partial charge in [-0.2, -0.15) is 10.2 Å². The average molecular weight is 303 g/mol. The smallest absolute Gasteiger partial charge is 0.238 e. The Morgan fingerprint density at radius 1 is 1.50 bits per heavy atom. The Bertz CT molecular complexity index is 614. The monoisotopic (exact) mass is 303 g/mol. The van der Waals surface area contributed by atoms with Crippen molar-refractivity contribution >= 4 is 11.6 Å². The number of likely N-dealkylation sites (tertiary alicyclic amines) is 1. The normalized spacial score (nSPS) is 18.7. The molecule has 8 heteroatoms. The molecule has 118 valence electrons. The third kappa shape index (κ3) is 3.16. The summed E-state index contributed by atoms with van der Waals surface area (Å²) in [6.07, 6.45) is 5.44. The summed E-state index contributed by atoms with van der Waals surface area (Å²) in [6.45, 7) is 5.89. The van der Waals surface area contributed by atoms with Crippen molar-refractivity contribution in [1.29, 1.82) is 0 Å². The van der Waals surface area contributed by atoms with E-state index < -0.39 is 0 Å². The molecule has 1 atom stereocenters. The number of aromatic nitrogens is 5. The van der Waals surface area contributed by atoms with Gasteiger partial charge in [0.15, 0.2) is 0 Å². The van der Waals surface area contributed by atoms with Gasteiger partial charge in [0.2, 0.25) is 5.91 Å². The van der Waals surface area contributed by atoms with Crippen LogP contribution in [0.2, 0.25) is 0 Å². The minimum Gasteiger partial charge on any atom is -0.322 e. The molecular weight excluding hydrogens is 282 g/mol. The second kappa shape index (κ2) is 6.27. The van der Waals surface area contributed by atoms with Crippen LogP contribution in [0.25, 0.3) is 0 Å². The standard InChI is InChI=1S/C14H21N7O/c1-10-14(11(2)19-18-10)17-13(22)7-20-5-3-4-12(20)6-21-9-15-8-16-21/h8-9,12H,3-7H2,1-2H3,(H,17,22)(H,18,19)/t12-/m0/s1. The number of rotatable bonds is 5. The van der Waals surface area contributed by atoms with Crippen LogP contribution in [0.5, 0.6) is 0 Å². The zero-order valence-electron chi connectivity index (χ0n) is 12.9. The van der Waals surface area contributed by atoms with Crippen LogP contribution >= 0.6 is 0 Å². The van der Waals surface area contributed by atoms with E-state index in [1.54, 1.807) is 6.33 Å². The number of H-pyrrole nitrogens is 1. The van der Waals surface area contributed by atoms with Crippen molar-refractivity contribution in [3.63, 3.8) is 0 Å². The Morgan fingerprint density at radius 3 is 3.05 bits per heavy atom. The van der Waals surface area contributed by atoms with Crippen LogP contribution in [-0.4, -0.2) is 54.9 Å². The zero-order chi connectivity index (χ0) is 15.5. The number of aromatic amines is 1. The summed E-state index contributed by atoms with van der Waals surface area (Å²) in [5, 5.41) is 14.1. The highest BCUT2D eigenvalue weighted by molar-refractivity contribution is 5.93. The summed E-state index contributed by atoms with van der Waals surface area (Å²) in [5.41, 5.74) is 2.48. The minimum absolute atomic E-state index is 0.00177. The van der Waals surface area contributed by atoms with Crippen molar-refractivity contribution in [3.05, 3.63) is 24.0 Å². The third-order valence-corrected chi connectivity index (χ3v) is 4.10. The van der Waals surface area contributed by atoms with E-state index in [1.165, 1.54) is 6.33 Å². The first kappa shape index (κ1) is 14.7. The van der Waals surface area contributed by atoms with Crippen LogP contribution in [0.1, 0.15) is 24.2 Å². The number of hydrogen-bond acceptors (Lipinski definition) is 5. The zero-order valence-corrected chi connectivity index (χ0v) is 12.9. The quantitative estimate of drug-likeness (QED) is 0.849. The highest BCUT2D eigenvalue weighted by Gasteiger charge is 2.27. The molecule has 0 unspecified atom stereocenters. The Labute approximate surface area is 128 Å². The molecule has 1 aliphatic rings. The Morgan fingerprint density at radius 2 is 2.36 bits per heavy atom. The van der Waals surface area contributed by atoms with Crippen LogP contribution in [0.15, 0.2) is 12.7 Å². The molecule has 3 rings (SSSR count). The van der Waals surface area contributed by atoms with Gasteiger partial charge in [0, 0.05) is 6.04 Å². The maximum absolute atomic E-state index is 12.3. The molecule has 2 N–H and O–H groups in total. The molecule has 0 aromatic carbocycles. The van der Waals surface area contributed by atoms with Crippen LogP contribution in [0.3, 0.4) is 0 Å². The maximum atomic E-state index is 12.3. The predicted octanol–water partition coefficient (Wildman–Crippen LogP) is 0.721. The SMILES string of the molecule is Cc1n[nH]c(C)c1NC(=O)CN1CCC[C@H]1Cn1cncn1. The van der Waals surface area contributed by atoms with Crippen molar-refractivity contribution in [1.82, 2.24) is 29.9 Å². The lowest BCUT2D eigenvalue weighted by molar-refractivity contribution is -0.117. The van der Waals surface area contributed by atoms with Crippen LogP contribution < -0.4 is 5.32 Å². The molecule has 0 aliphatic carbocycles. The number of carbonyl (C=O) groups is 1. The van der Waals surface area contributed by atoms with Crippen LogP contribution in [-0.2, 0) is 11.3 Å². The number of amides is 1. The van der Waals surface area contributed by atoms with Gasteiger partial charge in [-0.15, -0.1) is 0 Å². The topological polar surface area (TPSA) is 91.7 Å². The second-order valence-corrected chi connectivity index (χ2v) is 5.74. The number of nitrogens with zero attached hydrogens (tertiary/aromatic N) is 5. The largest absolute Gasteiger partial charge is 0.322 e. The third-order valence-electron chi connectivity index (χ3n) is 4.10. The van der Waals surface area contributed by atoms with Gasteiger partial charge in [0.05, 0.1) is 30.2 Å². The lowest BCUT2D eigenvalue weighted by Gasteiger charge is -2.23. The molecule has 3 heterocycles. The molecule has 0 saturated carbocycles. The summed E-state index contributed by atoms with van der Waals surface area (Å²) in [5.74, 6) is -0.00177. The molecule has 22 heavy (non-hydrogen) atoms. The molecule has 2 aromatic rings. The van der Waals surface area contributed by atoms with Gasteiger partial charge >= 0.3 is 0 Å². The Hall–Kier alpha value is -2.22. The van der Waals surface area contributed by atoms with Gasteiger partial charge in [-0.1, -0.05) is 0 Å². The maximum Gasteiger partial charge on any atom is 0.238 e. The van der Waals surface area contributed by atoms with Crippen molar-refractivity contribution in [3.8, 4) is 0 Å². The molecular formula is C14H21N7O. The molecule has 0 bridgehead atoms. The number of hydrogen-bond donors (Lipinski definition) is 2. The fourth-order valence-corrected chi connectivity index (χ4v) is 2.95. The Kier molecular flexibility index (Phi) is 4.19. The first-order valence-electron chi connectivity index (χ1n) is 7.51. The fraction of sp³-hybridized carbons (Fsp3) is 0.571. The van der Waals surface area contributed by atoms with Crippen molar-refractivity contribution < 1.29 is 4.79 Å². The van der Waals surface area contributed by atoms with Gasteiger partial charge < -0.3 is 5.32 Å². The predicted molar refractivity (Wildman–Crippen MR) is 81.3 cm³/mol. The summed E-state index contributed by atoms with van der Waals surface area (Å²) < 4.78 is 1.82. The molecule has 1 fully saturated rings. The molecule has 0 spiro atoms. The summed E-state index contributed by atoms with van der Waals surface area (Å²) in [7, 11) is 0. The number of anilines is 1. The number of carbonyl (C=O) groups excluding carboxylic acids is 1.